The number of aromatic amines is 1. The molecule has 3 N–H and O–H groups in total. The van der Waals surface area contributed by atoms with Gasteiger partial charge in [0.1, 0.15) is 11.4 Å². The number of nitrogens with one attached hydrogen (secondary N) is 3. The third-order valence-corrected chi connectivity index (χ3v) is 7.07. The van der Waals surface area contributed by atoms with Crippen LogP contribution in [0.15, 0.2) is 41.2 Å². The minimum atomic E-state index is -4.30. The second-order valence-electron chi connectivity index (χ2n) is 10.0. The number of hydrogen-bond acceptors (Lipinski definition) is 5. The van der Waals surface area contributed by atoms with E-state index in [0.717, 1.165) is 42.4 Å². The molecule has 0 bridgehead atoms. The number of hydrogen-bond donors (Lipinski definition) is 3. The van der Waals surface area contributed by atoms with E-state index in [1.54, 1.807) is 7.11 Å². The third kappa shape index (κ3) is 8.84. The summed E-state index contributed by atoms with van der Waals surface area (Å²) in [6.45, 7) is 0.879. The van der Waals surface area contributed by atoms with Crippen molar-refractivity contribution in [3.05, 3.63) is 63.6 Å². The Morgan fingerprint density at radius 3 is 2.51 bits per heavy atom. The number of nitrogens with zero attached hydrogens (tertiary/aromatic N) is 1. The lowest BCUT2D eigenvalue weighted by molar-refractivity contribution is -0.135. The number of aromatic nitrogens is 1. The second-order valence-corrected chi connectivity index (χ2v) is 10.0. The Labute approximate surface area is 226 Å². The van der Waals surface area contributed by atoms with Crippen LogP contribution in [-0.4, -0.2) is 61.7 Å². The highest BCUT2D eigenvalue weighted by Crippen LogP contribution is 2.38. The van der Waals surface area contributed by atoms with Crippen molar-refractivity contribution >= 4 is 11.8 Å². The molecule has 2 aromatic rings. The van der Waals surface area contributed by atoms with Gasteiger partial charge in [0.15, 0.2) is 0 Å². The summed E-state index contributed by atoms with van der Waals surface area (Å²) < 4.78 is 42.6. The fraction of sp³-hybridized carbons (Fsp3) is 0.536. The average Bonchev–Trinajstić information content (AvgIpc) is 2.91. The molecule has 1 aliphatic rings. The largest absolute Gasteiger partial charge is 0.497 e. The van der Waals surface area contributed by atoms with Crippen molar-refractivity contribution in [2.45, 2.75) is 63.1 Å². The van der Waals surface area contributed by atoms with Crippen LogP contribution in [0.1, 0.15) is 77.8 Å². The highest BCUT2D eigenvalue weighted by molar-refractivity contribution is 5.98. The van der Waals surface area contributed by atoms with Crippen LogP contribution in [-0.2, 0) is 5.54 Å². The van der Waals surface area contributed by atoms with E-state index < -0.39 is 30.0 Å². The maximum Gasteiger partial charge on any atom is 0.389 e. The van der Waals surface area contributed by atoms with Crippen molar-refractivity contribution in [2.75, 3.05) is 33.8 Å². The molecule has 0 aliphatic heterocycles. The Morgan fingerprint density at radius 1 is 1.08 bits per heavy atom. The van der Waals surface area contributed by atoms with Crippen LogP contribution in [0.3, 0.4) is 0 Å². The number of methoxy groups -OCH3 is 1. The zero-order valence-corrected chi connectivity index (χ0v) is 22.5. The first-order valence-electron chi connectivity index (χ1n) is 13.3. The van der Waals surface area contributed by atoms with Gasteiger partial charge in [0.05, 0.1) is 7.11 Å². The topological polar surface area (TPSA) is 104 Å². The number of ether oxygens (including phenoxy) is 1. The maximum atomic E-state index is 12.7. The summed E-state index contributed by atoms with van der Waals surface area (Å²) in [5, 5.41) is 6.46. The number of halogens is 3. The molecule has 2 amide bonds. The molecule has 1 saturated carbocycles. The maximum absolute atomic E-state index is 12.7. The molecular formula is C28H37F3N4O4. The predicted octanol–water partition coefficient (Wildman–Crippen LogP) is 4.37. The molecule has 0 radical (unpaired) electrons. The summed E-state index contributed by atoms with van der Waals surface area (Å²) in [7, 11) is 3.01. The van der Waals surface area contributed by atoms with E-state index in [1.165, 1.54) is 25.1 Å². The molecule has 1 heterocycles. The molecule has 0 spiro atoms. The van der Waals surface area contributed by atoms with Gasteiger partial charge in [-0.1, -0.05) is 31.4 Å². The summed E-state index contributed by atoms with van der Waals surface area (Å²) in [6.07, 6.45) is 0.550. The zero-order chi connectivity index (χ0) is 28.5. The first-order chi connectivity index (χ1) is 18.5. The molecule has 1 aliphatic carbocycles. The van der Waals surface area contributed by atoms with Crippen LogP contribution in [0.5, 0.6) is 5.75 Å². The Bertz CT molecular complexity index is 1180. The fourth-order valence-corrected chi connectivity index (χ4v) is 4.98. The Kier molecular flexibility index (Phi) is 10.6. The minimum Gasteiger partial charge on any atom is -0.497 e. The molecular weight excluding hydrogens is 513 g/mol. The summed E-state index contributed by atoms with van der Waals surface area (Å²) in [4.78, 5) is 40.9. The highest BCUT2D eigenvalue weighted by Gasteiger charge is 2.33. The van der Waals surface area contributed by atoms with Gasteiger partial charge in [-0.15, -0.1) is 0 Å². The van der Waals surface area contributed by atoms with Crippen LogP contribution in [0.4, 0.5) is 13.2 Å². The van der Waals surface area contributed by atoms with Crippen molar-refractivity contribution in [1.29, 1.82) is 0 Å². The first kappa shape index (κ1) is 30.2. The summed E-state index contributed by atoms with van der Waals surface area (Å²) >= 11 is 0. The van der Waals surface area contributed by atoms with Crippen molar-refractivity contribution in [2.24, 2.45) is 0 Å². The molecule has 214 valence electrons. The molecule has 3 rings (SSSR count). The number of alkyl halides is 3. The number of pyridine rings is 1. The van der Waals surface area contributed by atoms with E-state index in [0.29, 0.717) is 19.5 Å². The van der Waals surface area contributed by atoms with Gasteiger partial charge in [-0.2, -0.15) is 13.2 Å². The lowest BCUT2D eigenvalue weighted by Crippen LogP contribution is -2.45. The van der Waals surface area contributed by atoms with E-state index >= 15 is 0 Å². The minimum absolute atomic E-state index is 0.0578. The van der Waals surface area contributed by atoms with E-state index in [4.69, 9.17) is 4.74 Å². The number of carbonyl (C=O) groups excluding carboxylic acids is 2. The SMILES string of the molecule is COc1cccc(C2(NCCCNC(=O)c3cc(C(=O)N(C)CCCC(F)(F)F)cc(=O)[nH]3)CCCCC2)c1. The number of amides is 2. The smallest absolute Gasteiger partial charge is 0.389 e. The van der Waals surface area contributed by atoms with Crippen LogP contribution >= 0.6 is 0 Å². The highest BCUT2D eigenvalue weighted by atomic mass is 19.4. The lowest BCUT2D eigenvalue weighted by atomic mass is 9.76. The summed E-state index contributed by atoms with van der Waals surface area (Å²) in [6, 6.07) is 10.4. The van der Waals surface area contributed by atoms with E-state index in [1.807, 2.05) is 12.1 Å². The Balaban J connectivity index is 1.54. The molecule has 8 nitrogen and oxygen atoms in total. The summed E-state index contributed by atoms with van der Waals surface area (Å²) in [5.74, 6) is -0.354. The van der Waals surface area contributed by atoms with Crippen molar-refractivity contribution < 1.29 is 27.5 Å². The number of rotatable bonds is 12. The monoisotopic (exact) mass is 550 g/mol. The second kappa shape index (κ2) is 13.6. The standard InChI is InChI=1S/C28H37F3N4O4/c1-35(16-7-13-28(29,30)31)26(38)20-17-23(34-24(36)18-20)25(37)32-14-8-15-33-27(11-4-3-5-12-27)21-9-6-10-22(19-21)39-2/h6,9-10,17-19,33H,3-5,7-8,11-16H2,1-2H3,(H,32,37)(H,34,36). The van der Waals surface area contributed by atoms with Crippen LogP contribution in [0.2, 0.25) is 0 Å². The van der Waals surface area contributed by atoms with E-state index in [2.05, 4.69) is 27.8 Å². The molecule has 0 unspecified atom stereocenters. The van der Waals surface area contributed by atoms with Gasteiger partial charge in [0.2, 0.25) is 5.56 Å². The van der Waals surface area contributed by atoms with Crippen molar-refractivity contribution in [3.8, 4) is 5.75 Å². The first-order valence-corrected chi connectivity index (χ1v) is 13.3. The molecule has 11 heteroatoms. The van der Waals surface area contributed by atoms with Crippen LogP contribution in [0.25, 0.3) is 0 Å². The number of carbonyl (C=O) groups is 2. The molecule has 1 aromatic heterocycles. The van der Waals surface area contributed by atoms with Gasteiger partial charge in [-0.25, -0.2) is 0 Å². The fourth-order valence-electron chi connectivity index (χ4n) is 4.98. The third-order valence-electron chi connectivity index (χ3n) is 7.07. The van der Waals surface area contributed by atoms with Gasteiger partial charge >= 0.3 is 6.18 Å². The van der Waals surface area contributed by atoms with E-state index in [-0.39, 0.29) is 29.8 Å². The Morgan fingerprint density at radius 2 is 1.82 bits per heavy atom. The predicted molar refractivity (Wildman–Crippen MR) is 142 cm³/mol. The van der Waals surface area contributed by atoms with Gasteiger partial charge in [0.25, 0.3) is 11.8 Å². The molecule has 0 atom stereocenters. The van der Waals surface area contributed by atoms with Gasteiger partial charge < -0.3 is 25.3 Å². The normalized spacial score (nSPS) is 15.0. The van der Waals surface area contributed by atoms with Gasteiger partial charge in [0, 0.05) is 43.7 Å². The van der Waals surface area contributed by atoms with Crippen LogP contribution in [0, 0.1) is 0 Å². The zero-order valence-electron chi connectivity index (χ0n) is 22.5. The molecule has 39 heavy (non-hydrogen) atoms. The van der Waals surface area contributed by atoms with E-state index in [9.17, 15) is 27.6 Å². The van der Waals surface area contributed by atoms with Crippen LogP contribution < -0.4 is 20.9 Å². The van der Waals surface area contributed by atoms with Gasteiger partial charge in [-0.05, 0) is 56.0 Å². The summed E-state index contributed by atoms with van der Waals surface area (Å²) in [5.41, 5.74) is 0.255. The Hall–Kier alpha value is -3.34. The number of H-pyrrole nitrogens is 1. The molecule has 1 fully saturated rings. The van der Waals surface area contributed by atoms with Gasteiger partial charge in [-0.3, -0.25) is 14.4 Å². The number of benzene rings is 1. The lowest BCUT2D eigenvalue weighted by Gasteiger charge is -2.39. The van der Waals surface area contributed by atoms with Crippen molar-refractivity contribution in [1.82, 2.24) is 20.5 Å². The molecule has 0 saturated heterocycles. The quantitative estimate of drug-likeness (QED) is 0.341. The average molecular weight is 551 g/mol. The molecule has 1 aromatic carbocycles. The van der Waals surface area contributed by atoms with Crippen molar-refractivity contribution in [3.63, 3.8) is 0 Å².